The van der Waals surface area contributed by atoms with E-state index in [0.29, 0.717) is 11.3 Å². The minimum atomic E-state index is -0.503. The van der Waals surface area contributed by atoms with Crippen LogP contribution in [0, 0.1) is 5.82 Å². The van der Waals surface area contributed by atoms with Gasteiger partial charge in [0, 0.05) is 5.41 Å². The Kier molecular flexibility index (Phi) is 5.15. The van der Waals surface area contributed by atoms with E-state index in [1.54, 1.807) is 38.1 Å². The van der Waals surface area contributed by atoms with Crippen molar-refractivity contribution in [3.05, 3.63) is 82.2 Å². The third-order valence-electron chi connectivity index (χ3n) is 4.77. The molecule has 2 aromatic carbocycles. The van der Waals surface area contributed by atoms with Crippen LogP contribution in [-0.4, -0.2) is 27.8 Å². The summed E-state index contributed by atoms with van der Waals surface area (Å²) in [6, 6.07) is 12.4. The van der Waals surface area contributed by atoms with Crippen LogP contribution in [0.5, 0.6) is 5.75 Å². The second kappa shape index (κ2) is 7.75. The Morgan fingerprint density at radius 1 is 1.21 bits per heavy atom. The van der Waals surface area contributed by atoms with Crippen LogP contribution in [0.3, 0.4) is 0 Å². The maximum absolute atomic E-state index is 13.6. The van der Waals surface area contributed by atoms with Crippen LogP contribution in [0.25, 0.3) is 5.70 Å². The van der Waals surface area contributed by atoms with E-state index in [1.165, 1.54) is 23.9 Å². The van der Waals surface area contributed by atoms with Gasteiger partial charge in [0.15, 0.2) is 5.17 Å². The molecule has 1 unspecified atom stereocenters. The topological polar surface area (TPSA) is 62.1 Å². The second-order valence-electron chi connectivity index (χ2n) is 6.61. The number of rotatable bonds is 4. The number of phenolic OH excluding ortho intramolecular Hbond substituents is 1. The lowest BCUT2D eigenvalue weighted by molar-refractivity contribution is -0.139. The number of aliphatic imine (C=N–C) groups is 1. The number of amidine groups is 1. The summed E-state index contributed by atoms with van der Waals surface area (Å²) < 4.78 is 18.9. The number of benzene rings is 2. The number of hydrogen-bond donors (Lipinski definition) is 1. The molecule has 2 aliphatic heterocycles. The molecule has 2 aromatic rings. The van der Waals surface area contributed by atoms with Crippen LogP contribution in [0.4, 0.5) is 4.39 Å². The number of aromatic hydroxyl groups is 1. The second-order valence-corrected chi connectivity index (χ2v) is 7.44. The average Bonchev–Trinajstić information content (AvgIpc) is 3.11. The Balaban J connectivity index is 1.85. The molecule has 7 heteroatoms. The molecule has 0 fully saturated rings. The summed E-state index contributed by atoms with van der Waals surface area (Å²) in [5, 5.41) is 12.3. The summed E-state index contributed by atoms with van der Waals surface area (Å²) in [6.45, 7) is 3.79. The normalized spacial score (nSPS) is 18.3. The van der Waals surface area contributed by atoms with E-state index in [1.807, 2.05) is 22.4 Å². The fraction of sp³-hybridized carbons (Fsp3) is 0.182. The average molecular weight is 410 g/mol. The standard InChI is InChI=1S/C22H19FN2O3S/c1-3-28-21(27)19-13(2)24-22-25(20(19)15-4-8-16(23)9-5-15)18(12-29-22)14-6-10-17(26)11-7-14/h4-12,20,26H,3H2,1-2H3. The molecule has 0 amide bonds. The molecular weight excluding hydrogens is 391 g/mol. The molecule has 2 aliphatic rings. The first-order valence-electron chi connectivity index (χ1n) is 9.17. The van der Waals surface area contributed by atoms with Gasteiger partial charge in [-0.15, -0.1) is 0 Å². The summed E-state index contributed by atoms with van der Waals surface area (Å²) in [6.07, 6.45) is 0. The Morgan fingerprint density at radius 3 is 2.55 bits per heavy atom. The molecule has 0 saturated heterocycles. The number of fused-ring (bicyclic) bond motifs is 1. The Bertz CT molecular complexity index is 1040. The van der Waals surface area contributed by atoms with Crippen molar-refractivity contribution in [2.75, 3.05) is 6.61 Å². The van der Waals surface area contributed by atoms with E-state index in [0.717, 1.165) is 22.0 Å². The molecule has 0 radical (unpaired) electrons. The summed E-state index contributed by atoms with van der Waals surface area (Å²) in [4.78, 5) is 19.4. The van der Waals surface area contributed by atoms with Crippen molar-refractivity contribution in [1.29, 1.82) is 0 Å². The largest absolute Gasteiger partial charge is 0.508 e. The van der Waals surface area contributed by atoms with Gasteiger partial charge in [-0.05, 0) is 61.4 Å². The van der Waals surface area contributed by atoms with E-state index < -0.39 is 12.0 Å². The lowest BCUT2D eigenvalue weighted by Crippen LogP contribution is -2.36. The highest BCUT2D eigenvalue weighted by Crippen LogP contribution is 2.47. The number of hydrogen-bond acceptors (Lipinski definition) is 6. The number of phenols is 1. The molecule has 0 saturated carbocycles. The van der Waals surface area contributed by atoms with Gasteiger partial charge in [-0.25, -0.2) is 14.2 Å². The van der Waals surface area contributed by atoms with Crippen LogP contribution in [-0.2, 0) is 9.53 Å². The van der Waals surface area contributed by atoms with Crippen molar-refractivity contribution in [3.8, 4) is 5.75 Å². The highest BCUT2D eigenvalue weighted by molar-refractivity contribution is 8.16. The lowest BCUT2D eigenvalue weighted by Gasteiger charge is -2.36. The molecular formula is C22H19FN2O3S. The van der Waals surface area contributed by atoms with Gasteiger partial charge in [-0.1, -0.05) is 23.9 Å². The molecule has 0 aromatic heterocycles. The van der Waals surface area contributed by atoms with Crippen molar-refractivity contribution < 1.29 is 19.0 Å². The summed E-state index contributed by atoms with van der Waals surface area (Å²) in [5.74, 6) is -0.614. The SMILES string of the molecule is CCOC(=O)C1=C(C)N=C2SC=C(c3ccc(O)cc3)N2C1c1ccc(F)cc1. The van der Waals surface area contributed by atoms with Crippen molar-refractivity contribution in [2.45, 2.75) is 19.9 Å². The van der Waals surface area contributed by atoms with Gasteiger partial charge in [0.2, 0.25) is 0 Å². The van der Waals surface area contributed by atoms with E-state index in [4.69, 9.17) is 4.74 Å². The monoisotopic (exact) mass is 410 g/mol. The molecule has 0 spiro atoms. The fourth-order valence-electron chi connectivity index (χ4n) is 3.45. The number of thioether (sulfide) groups is 1. The molecule has 29 heavy (non-hydrogen) atoms. The molecule has 1 atom stereocenters. The molecule has 5 nitrogen and oxygen atoms in total. The third kappa shape index (κ3) is 3.53. The smallest absolute Gasteiger partial charge is 0.338 e. The van der Waals surface area contributed by atoms with Crippen LogP contribution in [0.15, 0.2) is 70.2 Å². The van der Waals surface area contributed by atoms with Gasteiger partial charge in [-0.3, -0.25) is 0 Å². The van der Waals surface area contributed by atoms with E-state index >= 15 is 0 Å². The lowest BCUT2D eigenvalue weighted by atomic mass is 9.93. The predicted molar refractivity (Wildman–Crippen MR) is 111 cm³/mol. The molecule has 0 aliphatic carbocycles. The highest BCUT2D eigenvalue weighted by atomic mass is 32.2. The first-order chi connectivity index (χ1) is 14.0. The fourth-order valence-corrected chi connectivity index (χ4v) is 4.43. The zero-order valence-electron chi connectivity index (χ0n) is 15.9. The molecule has 2 heterocycles. The third-order valence-corrected chi connectivity index (χ3v) is 5.61. The van der Waals surface area contributed by atoms with Crippen LogP contribution in [0.2, 0.25) is 0 Å². The van der Waals surface area contributed by atoms with Crippen molar-refractivity contribution in [3.63, 3.8) is 0 Å². The number of esters is 1. The summed E-state index contributed by atoms with van der Waals surface area (Å²) >= 11 is 1.46. The molecule has 148 valence electrons. The maximum Gasteiger partial charge on any atom is 0.338 e. The number of halogens is 1. The number of allylic oxidation sites excluding steroid dienone is 1. The Labute approximate surface area is 172 Å². The van der Waals surface area contributed by atoms with Gasteiger partial charge in [-0.2, -0.15) is 0 Å². The predicted octanol–water partition coefficient (Wildman–Crippen LogP) is 4.83. The molecule has 4 rings (SSSR count). The first kappa shape index (κ1) is 19.3. The van der Waals surface area contributed by atoms with Crippen molar-refractivity contribution in [1.82, 2.24) is 4.90 Å². The van der Waals surface area contributed by atoms with Crippen LogP contribution < -0.4 is 0 Å². The van der Waals surface area contributed by atoms with Gasteiger partial charge in [0.1, 0.15) is 11.6 Å². The summed E-state index contributed by atoms with van der Waals surface area (Å²) in [5.41, 5.74) is 3.48. The van der Waals surface area contributed by atoms with Crippen molar-refractivity contribution >= 4 is 28.6 Å². The number of carbonyl (C=O) groups is 1. The number of nitrogens with zero attached hydrogens (tertiary/aromatic N) is 2. The first-order valence-corrected chi connectivity index (χ1v) is 10.0. The van der Waals surface area contributed by atoms with E-state index in [9.17, 15) is 14.3 Å². The van der Waals surface area contributed by atoms with Crippen LogP contribution in [0.1, 0.15) is 31.0 Å². The number of carbonyl (C=O) groups excluding carboxylic acids is 1. The van der Waals surface area contributed by atoms with E-state index in [2.05, 4.69) is 4.99 Å². The highest BCUT2D eigenvalue weighted by Gasteiger charge is 2.41. The minimum Gasteiger partial charge on any atom is -0.508 e. The maximum atomic E-state index is 13.6. The van der Waals surface area contributed by atoms with E-state index in [-0.39, 0.29) is 18.2 Å². The molecule has 1 N–H and O–H groups in total. The zero-order chi connectivity index (χ0) is 20.5. The van der Waals surface area contributed by atoms with Crippen molar-refractivity contribution in [2.24, 2.45) is 4.99 Å². The Morgan fingerprint density at radius 2 is 1.90 bits per heavy atom. The Hall–Kier alpha value is -3.06. The van der Waals surface area contributed by atoms with Gasteiger partial charge in [0.05, 0.1) is 29.6 Å². The van der Waals surface area contributed by atoms with Gasteiger partial charge in [0.25, 0.3) is 0 Å². The van der Waals surface area contributed by atoms with Gasteiger partial charge < -0.3 is 14.7 Å². The number of ether oxygens (including phenoxy) is 1. The van der Waals surface area contributed by atoms with Gasteiger partial charge >= 0.3 is 5.97 Å². The summed E-state index contributed by atoms with van der Waals surface area (Å²) in [7, 11) is 0. The minimum absolute atomic E-state index is 0.172. The molecule has 0 bridgehead atoms. The zero-order valence-corrected chi connectivity index (χ0v) is 16.7. The quantitative estimate of drug-likeness (QED) is 0.732. The van der Waals surface area contributed by atoms with Crippen LogP contribution >= 0.6 is 11.8 Å².